The average Bonchev–Trinajstić information content (AvgIpc) is 3.18. The number of benzene rings is 1. The molecule has 1 atom stereocenters. The van der Waals surface area contributed by atoms with Crippen LogP contribution in [0.25, 0.3) is 0 Å². The van der Waals surface area contributed by atoms with Crippen LogP contribution in [0.4, 0.5) is 19.7 Å². The lowest BCUT2D eigenvalue weighted by Crippen LogP contribution is -2.56. The van der Waals surface area contributed by atoms with Crippen molar-refractivity contribution in [1.82, 2.24) is 14.7 Å². The van der Waals surface area contributed by atoms with Crippen LogP contribution in [0.5, 0.6) is 0 Å². The molecule has 8 nitrogen and oxygen atoms in total. The predicted octanol–water partition coefficient (Wildman–Crippen LogP) is 2.90. The minimum atomic E-state index is -0.614. The number of piperazine rings is 1. The Hall–Kier alpha value is -2.84. The largest absolute Gasteiger partial charge is 0.444 e. The Kier molecular flexibility index (Phi) is 6.48. The number of urea groups is 1. The van der Waals surface area contributed by atoms with Gasteiger partial charge in [-0.1, -0.05) is 0 Å². The maximum absolute atomic E-state index is 13.0. The van der Waals surface area contributed by atoms with E-state index in [1.54, 1.807) is 30.6 Å². The molecular formula is C21H29FN4O4. The molecular weight excluding hydrogens is 391 g/mol. The highest BCUT2D eigenvalue weighted by Crippen LogP contribution is 2.23. The highest BCUT2D eigenvalue weighted by atomic mass is 19.1. The van der Waals surface area contributed by atoms with Crippen LogP contribution in [0.15, 0.2) is 24.3 Å². The molecule has 2 saturated heterocycles. The summed E-state index contributed by atoms with van der Waals surface area (Å²) in [5.41, 5.74) is -0.101. The van der Waals surface area contributed by atoms with Crippen LogP contribution in [0.1, 0.15) is 33.6 Å². The summed E-state index contributed by atoms with van der Waals surface area (Å²) in [5.74, 6) is -0.468. The van der Waals surface area contributed by atoms with Gasteiger partial charge in [-0.2, -0.15) is 0 Å². The summed E-state index contributed by atoms with van der Waals surface area (Å²) in [4.78, 5) is 42.7. The first-order valence-corrected chi connectivity index (χ1v) is 10.2. The molecule has 30 heavy (non-hydrogen) atoms. The van der Waals surface area contributed by atoms with Gasteiger partial charge in [0.2, 0.25) is 5.91 Å². The number of amides is 4. The van der Waals surface area contributed by atoms with Crippen molar-refractivity contribution in [3.05, 3.63) is 30.1 Å². The van der Waals surface area contributed by atoms with E-state index in [1.807, 2.05) is 0 Å². The predicted molar refractivity (Wildman–Crippen MR) is 110 cm³/mol. The number of ether oxygens (including phenoxy) is 1. The number of hydrogen-bond donors (Lipinski definition) is 1. The fraction of sp³-hybridized carbons (Fsp3) is 0.571. The molecule has 1 aromatic carbocycles. The van der Waals surface area contributed by atoms with E-state index in [-0.39, 0.29) is 17.8 Å². The fourth-order valence-corrected chi connectivity index (χ4v) is 3.64. The van der Waals surface area contributed by atoms with Crippen LogP contribution in [-0.4, -0.2) is 77.1 Å². The Labute approximate surface area is 175 Å². The summed E-state index contributed by atoms with van der Waals surface area (Å²) in [5, 5.41) is 2.73. The van der Waals surface area contributed by atoms with E-state index in [2.05, 4.69) is 5.32 Å². The van der Waals surface area contributed by atoms with Crippen molar-refractivity contribution in [1.29, 1.82) is 0 Å². The zero-order valence-corrected chi connectivity index (χ0v) is 17.7. The van der Waals surface area contributed by atoms with Gasteiger partial charge in [-0.05, 0) is 57.9 Å². The molecule has 0 spiro atoms. The standard InChI is InChI=1S/C21H29FN4O4/c1-21(2,3)30-20(29)26-10-4-5-17(26)18(27)24-11-13-25(14-12-24)19(28)23-16-8-6-15(22)7-9-16/h6-9,17H,4-5,10-14H2,1-3H3,(H,23,28)/t17-/m0/s1. The lowest BCUT2D eigenvalue weighted by molar-refractivity contribution is -0.137. The lowest BCUT2D eigenvalue weighted by atomic mass is 10.1. The molecule has 0 radical (unpaired) electrons. The van der Waals surface area contributed by atoms with Crippen molar-refractivity contribution in [3.8, 4) is 0 Å². The number of likely N-dealkylation sites (tertiary alicyclic amines) is 1. The van der Waals surface area contributed by atoms with Crippen molar-refractivity contribution < 1.29 is 23.5 Å². The summed E-state index contributed by atoms with van der Waals surface area (Å²) in [7, 11) is 0. The number of halogens is 1. The number of carbonyl (C=O) groups excluding carboxylic acids is 3. The SMILES string of the molecule is CC(C)(C)OC(=O)N1CCC[C@H]1C(=O)N1CCN(C(=O)Nc2ccc(F)cc2)CC1. The molecule has 0 saturated carbocycles. The molecule has 3 rings (SSSR count). The molecule has 2 heterocycles. The van der Waals surface area contributed by atoms with E-state index < -0.39 is 17.7 Å². The van der Waals surface area contributed by atoms with E-state index in [0.717, 1.165) is 6.42 Å². The Morgan fingerprint density at radius 1 is 1.00 bits per heavy atom. The van der Waals surface area contributed by atoms with Crippen LogP contribution < -0.4 is 5.32 Å². The summed E-state index contributed by atoms with van der Waals surface area (Å²) >= 11 is 0. The first-order chi connectivity index (χ1) is 14.1. The van der Waals surface area contributed by atoms with Crippen LogP contribution in [0, 0.1) is 5.82 Å². The Balaban J connectivity index is 1.52. The molecule has 0 unspecified atom stereocenters. The van der Waals surface area contributed by atoms with Gasteiger partial charge in [-0.3, -0.25) is 9.69 Å². The normalized spacial score (nSPS) is 19.6. The third-order valence-corrected chi connectivity index (χ3v) is 5.14. The third-order valence-electron chi connectivity index (χ3n) is 5.14. The van der Waals surface area contributed by atoms with Gasteiger partial charge in [0.15, 0.2) is 0 Å². The monoisotopic (exact) mass is 420 g/mol. The number of hydrogen-bond acceptors (Lipinski definition) is 4. The molecule has 2 aliphatic heterocycles. The van der Waals surface area contributed by atoms with E-state index in [0.29, 0.717) is 44.8 Å². The fourth-order valence-electron chi connectivity index (χ4n) is 3.64. The second-order valence-corrected chi connectivity index (χ2v) is 8.58. The number of nitrogens with one attached hydrogen (secondary N) is 1. The molecule has 9 heteroatoms. The smallest absolute Gasteiger partial charge is 0.410 e. The van der Waals surface area contributed by atoms with Crippen LogP contribution >= 0.6 is 0 Å². The second-order valence-electron chi connectivity index (χ2n) is 8.58. The van der Waals surface area contributed by atoms with E-state index in [4.69, 9.17) is 4.74 Å². The van der Waals surface area contributed by atoms with E-state index >= 15 is 0 Å². The summed E-state index contributed by atoms with van der Waals surface area (Å²) in [6.45, 7) is 7.47. The zero-order valence-electron chi connectivity index (χ0n) is 17.7. The van der Waals surface area contributed by atoms with E-state index in [9.17, 15) is 18.8 Å². The zero-order chi connectivity index (χ0) is 21.9. The topological polar surface area (TPSA) is 82.2 Å². The maximum atomic E-state index is 13.0. The number of rotatable bonds is 2. The molecule has 4 amide bonds. The Bertz CT molecular complexity index is 785. The first-order valence-electron chi connectivity index (χ1n) is 10.2. The van der Waals surface area contributed by atoms with Crippen molar-refractivity contribution in [2.24, 2.45) is 0 Å². The van der Waals surface area contributed by atoms with Crippen LogP contribution in [0.3, 0.4) is 0 Å². The van der Waals surface area contributed by atoms with Gasteiger partial charge in [-0.25, -0.2) is 14.0 Å². The van der Waals surface area contributed by atoms with Crippen molar-refractivity contribution >= 4 is 23.7 Å². The maximum Gasteiger partial charge on any atom is 0.410 e. The van der Waals surface area contributed by atoms with Crippen molar-refractivity contribution in [2.45, 2.75) is 45.3 Å². The van der Waals surface area contributed by atoms with Gasteiger partial charge < -0.3 is 19.9 Å². The molecule has 2 fully saturated rings. The van der Waals surface area contributed by atoms with Gasteiger partial charge in [-0.15, -0.1) is 0 Å². The minimum absolute atomic E-state index is 0.100. The highest BCUT2D eigenvalue weighted by Gasteiger charge is 2.39. The molecule has 1 N–H and O–H groups in total. The molecule has 0 bridgehead atoms. The Morgan fingerprint density at radius 2 is 1.60 bits per heavy atom. The number of anilines is 1. The highest BCUT2D eigenvalue weighted by molar-refractivity contribution is 5.90. The summed E-state index contributed by atoms with van der Waals surface area (Å²) in [6.07, 6.45) is 0.912. The molecule has 0 aromatic heterocycles. The second kappa shape index (κ2) is 8.89. The first kappa shape index (κ1) is 21.9. The minimum Gasteiger partial charge on any atom is -0.444 e. The van der Waals surface area contributed by atoms with Crippen LogP contribution in [-0.2, 0) is 9.53 Å². The summed E-state index contributed by atoms with van der Waals surface area (Å²) in [6, 6.07) is 4.76. The van der Waals surface area contributed by atoms with Gasteiger partial charge >= 0.3 is 12.1 Å². The van der Waals surface area contributed by atoms with Gasteiger partial charge in [0, 0.05) is 38.4 Å². The Morgan fingerprint density at radius 3 is 2.20 bits per heavy atom. The van der Waals surface area contributed by atoms with Crippen molar-refractivity contribution in [3.63, 3.8) is 0 Å². The lowest BCUT2D eigenvalue weighted by Gasteiger charge is -2.37. The summed E-state index contributed by atoms with van der Waals surface area (Å²) < 4.78 is 18.4. The number of carbonyl (C=O) groups is 3. The van der Waals surface area contributed by atoms with Gasteiger partial charge in [0.05, 0.1) is 0 Å². The molecule has 164 valence electrons. The molecule has 2 aliphatic rings. The van der Waals surface area contributed by atoms with Crippen molar-refractivity contribution in [2.75, 3.05) is 38.0 Å². The average molecular weight is 420 g/mol. The van der Waals surface area contributed by atoms with Crippen LogP contribution in [0.2, 0.25) is 0 Å². The molecule has 1 aromatic rings. The van der Waals surface area contributed by atoms with E-state index in [1.165, 1.54) is 29.2 Å². The quantitative estimate of drug-likeness (QED) is 0.798. The van der Waals surface area contributed by atoms with Gasteiger partial charge in [0.1, 0.15) is 17.5 Å². The third kappa shape index (κ3) is 5.40. The molecule has 0 aliphatic carbocycles. The number of nitrogens with zero attached hydrogens (tertiary/aromatic N) is 3. The van der Waals surface area contributed by atoms with Gasteiger partial charge in [0.25, 0.3) is 0 Å².